The highest BCUT2D eigenvalue weighted by Crippen LogP contribution is 2.70. The highest BCUT2D eigenvalue weighted by molar-refractivity contribution is 6.80. The Morgan fingerprint density at radius 1 is 0.211 bits per heavy atom. The minimum absolute atomic E-state index is 0.699. The van der Waals surface area contributed by atoms with Gasteiger partial charge in [0.2, 0.25) is 0 Å². The van der Waals surface area contributed by atoms with Crippen LogP contribution in [0.15, 0.2) is 0 Å². The molecule has 0 aromatic carbocycles. The lowest BCUT2D eigenvalue weighted by Gasteiger charge is -2.48. The molecule has 1 nitrogen and oxygen atoms in total. The van der Waals surface area contributed by atoms with Gasteiger partial charge in [0.05, 0.1) is 0 Å². The second-order valence-electron chi connectivity index (χ2n) is 10.2. The Balaban J connectivity index is 8.19. The van der Waals surface area contributed by atoms with Crippen LogP contribution in [-0.2, 0) is 4.43 Å². The molecule has 57 heavy (non-hydrogen) atoms. The fraction of sp³-hybridized carbons (Fsp3) is 1.00. The van der Waals surface area contributed by atoms with Crippen LogP contribution in [0.1, 0.15) is 0 Å². The van der Waals surface area contributed by atoms with Crippen LogP contribution in [0.2, 0.25) is 0 Å². The van der Waals surface area contributed by atoms with Gasteiger partial charge in [-0.25, -0.2) is 8.78 Å². The molecule has 0 bridgehead atoms. The maximum absolute atomic E-state index is 14.3. The molecule has 0 radical (unpaired) electrons. The second kappa shape index (κ2) is 13.0. The van der Waals surface area contributed by atoms with E-state index in [0.29, 0.717) is 4.43 Å². The largest absolute Gasteiger partial charge is 0.518 e. The summed E-state index contributed by atoms with van der Waals surface area (Å²) in [5.41, 5.74) is -10.3. The molecule has 0 aliphatic heterocycles. The van der Waals surface area contributed by atoms with Crippen LogP contribution < -0.4 is 0 Å². The van der Waals surface area contributed by atoms with Crippen LogP contribution in [-0.4, -0.2) is 109 Å². The molecule has 0 aromatic rings. The highest BCUT2D eigenvalue weighted by atomic mass is 28.4. The van der Waals surface area contributed by atoms with Gasteiger partial charge in [0.25, 0.3) is 0 Å². The first kappa shape index (κ1) is 54.5. The van der Waals surface area contributed by atoms with E-state index in [1.165, 1.54) is 0 Å². The average molecular weight is 970 g/mol. The van der Waals surface area contributed by atoms with Crippen molar-refractivity contribution < 1.29 is 171 Å². The molecule has 0 fully saturated rings. The summed E-state index contributed by atoms with van der Waals surface area (Å²) >= 11 is 0. The van der Waals surface area contributed by atoms with E-state index in [-0.39, 0.29) is 0 Å². The van der Waals surface area contributed by atoms with Crippen molar-refractivity contribution in [3.05, 3.63) is 0 Å². The van der Waals surface area contributed by atoms with Crippen molar-refractivity contribution in [2.45, 2.75) is 101 Å². The van der Waals surface area contributed by atoms with Crippen molar-refractivity contribution in [1.29, 1.82) is 0 Å². The quantitative estimate of drug-likeness (QED) is 0.125. The maximum Gasteiger partial charge on any atom is 0.518 e. The number of rotatable bonds is 14. The predicted octanol–water partition coefficient (Wildman–Crippen LogP) is 12.0. The zero-order valence-corrected chi connectivity index (χ0v) is 24.8. The van der Waals surface area contributed by atoms with Gasteiger partial charge in [-0.15, -0.1) is 0 Å². The number of alkyl halides is 38. The Labute approximate surface area is 281 Å². The molecule has 40 heteroatoms. The molecule has 344 valence electrons. The first-order chi connectivity index (χ1) is 23.7. The van der Waals surface area contributed by atoms with Gasteiger partial charge in [0.1, 0.15) is 0 Å². The van der Waals surface area contributed by atoms with Crippen molar-refractivity contribution in [1.82, 2.24) is 0 Å². The SMILES string of the molecule is FC(F)(F)C(F)(F)O[Si](C(F)(F)F)(C(F)(F)F)C(F)(F)C(F)(F)C(F)(F)C(F)(F)C(F)(F)C(F)(F)C(F)(F)C(F)(F)C(F)(F)C(F)(F)C(F)(F)C(F)(F)C(F)(F)F. The molecule has 0 aliphatic rings. The summed E-state index contributed by atoms with van der Waals surface area (Å²) in [5.74, 6) is -130. The van der Waals surface area contributed by atoms with Gasteiger partial charge in [0.15, 0.2) is 0 Å². The third kappa shape index (κ3) is 6.53. The summed E-state index contributed by atoms with van der Waals surface area (Å²) in [7, 11) is -12.2. The van der Waals surface area contributed by atoms with E-state index in [9.17, 15) is 167 Å². The molecule has 0 saturated heterocycles. The molecule has 0 atom stereocenters. The molecule has 0 heterocycles. The number of halogens is 38. The molecule has 0 N–H and O–H groups in total. The number of hydrogen-bond donors (Lipinski definition) is 0. The zero-order chi connectivity index (χ0) is 47.7. The summed E-state index contributed by atoms with van der Waals surface area (Å²) in [6.07, 6.45) is -25.6. The Morgan fingerprint density at radius 2 is 0.386 bits per heavy atom. The van der Waals surface area contributed by atoms with Gasteiger partial charge in [0, 0.05) is 0 Å². The maximum atomic E-state index is 14.3. The topological polar surface area (TPSA) is 9.23 Å². The van der Waals surface area contributed by atoms with Gasteiger partial charge in [-0.1, -0.05) is 0 Å². The lowest BCUT2D eigenvalue weighted by Crippen LogP contribution is -2.85. The Hall–Kier alpha value is -2.48. The standard InChI is InChI=1S/C17F38OSi/c18-1(19,2(20,21)4(24,25)6(28,29)8(32,33)10(36,37)12(40,41)42)3(22,23)5(26,27)7(30,31)9(34,35)11(38,39)15(48,49)57(16(50,51)52,17(53,54)55)56-14(46,47)13(43,44)45. The molecule has 0 rings (SSSR count). The van der Waals surface area contributed by atoms with Crippen LogP contribution in [0.4, 0.5) is 167 Å². The molecule has 0 aliphatic carbocycles. The summed E-state index contributed by atoms with van der Waals surface area (Å²) < 4.78 is 508. The normalized spacial score (nSPS) is 17.4. The molecule has 0 saturated carbocycles. The van der Waals surface area contributed by atoms with Gasteiger partial charge in [-0.2, -0.15) is 158 Å². The molecule has 0 amide bonds. The van der Waals surface area contributed by atoms with Crippen molar-refractivity contribution in [3.8, 4) is 0 Å². The minimum Gasteiger partial charge on any atom is -0.332 e. The lowest BCUT2D eigenvalue weighted by atomic mass is 9.84. The van der Waals surface area contributed by atoms with Gasteiger partial charge < -0.3 is 4.43 Å². The lowest BCUT2D eigenvalue weighted by molar-refractivity contribution is -0.484. The molecule has 0 unspecified atom stereocenters. The molecular formula is C17F38OSi. The average Bonchev–Trinajstić information content (AvgIpc) is 2.91. The van der Waals surface area contributed by atoms with Crippen molar-refractivity contribution in [3.63, 3.8) is 0 Å². The first-order valence-electron chi connectivity index (χ1n) is 11.6. The monoisotopic (exact) mass is 970 g/mol. The molecular weight excluding hydrogens is 970 g/mol. The van der Waals surface area contributed by atoms with E-state index in [2.05, 4.69) is 0 Å². The fourth-order valence-corrected chi connectivity index (χ4v) is 5.81. The van der Waals surface area contributed by atoms with Crippen LogP contribution in [0.3, 0.4) is 0 Å². The Morgan fingerprint density at radius 3 is 0.544 bits per heavy atom. The second-order valence-corrected chi connectivity index (χ2v) is 13.5. The third-order valence-corrected chi connectivity index (χ3v) is 9.90. The first-order valence-corrected chi connectivity index (χ1v) is 13.5. The zero-order valence-electron chi connectivity index (χ0n) is 23.8. The number of hydrogen-bond acceptors (Lipinski definition) is 1. The van der Waals surface area contributed by atoms with Crippen LogP contribution in [0.25, 0.3) is 0 Å². The van der Waals surface area contributed by atoms with E-state index in [0.717, 1.165) is 0 Å². The van der Waals surface area contributed by atoms with E-state index >= 15 is 0 Å². The van der Waals surface area contributed by atoms with Crippen molar-refractivity contribution >= 4 is 8.32 Å². The van der Waals surface area contributed by atoms with Gasteiger partial charge in [-0.3, -0.25) is 0 Å². The Bertz CT molecular complexity index is 1430. The fourth-order valence-electron chi connectivity index (χ4n) is 3.32. The van der Waals surface area contributed by atoms with Crippen LogP contribution in [0, 0.1) is 0 Å². The summed E-state index contributed by atoms with van der Waals surface area (Å²) in [4.78, 5) is 0. The highest BCUT2D eigenvalue weighted by Gasteiger charge is 3.04. The predicted molar refractivity (Wildman–Crippen MR) is 95.4 cm³/mol. The van der Waals surface area contributed by atoms with Gasteiger partial charge in [-0.05, 0) is 0 Å². The van der Waals surface area contributed by atoms with Crippen molar-refractivity contribution in [2.75, 3.05) is 0 Å². The van der Waals surface area contributed by atoms with E-state index in [1.54, 1.807) is 0 Å². The van der Waals surface area contributed by atoms with E-state index < -0.39 is 109 Å². The van der Waals surface area contributed by atoms with Gasteiger partial charge >= 0.3 is 109 Å². The summed E-state index contributed by atoms with van der Waals surface area (Å²) in [6, 6.07) is 0. The molecule has 0 spiro atoms. The van der Waals surface area contributed by atoms with Crippen molar-refractivity contribution in [2.24, 2.45) is 0 Å². The third-order valence-electron chi connectivity index (χ3n) is 6.55. The summed E-state index contributed by atoms with van der Waals surface area (Å²) in [5, 5.41) is 0. The van der Waals surface area contributed by atoms with Crippen LogP contribution >= 0.6 is 0 Å². The molecule has 0 aromatic heterocycles. The Kier molecular flexibility index (Phi) is 12.4. The van der Waals surface area contributed by atoms with E-state index in [4.69, 9.17) is 0 Å². The summed E-state index contributed by atoms with van der Waals surface area (Å²) in [6.45, 7) is 0. The smallest absolute Gasteiger partial charge is 0.332 e. The van der Waals surface area contributed by atoms with E-state index in [1.807, 2.05) is 0 Å². The van der Waals surface area contributed by atoms with Crippen LogP contribution in [0.5, 0.6) is 0 Å². The minimum atomic E-state index is -12.2.